The third-order valence-corrected chi connectivity index (χ3v) is 8.09. The number of aromatic nitrogens is 6. The van der Waals surface area contributed by atoms with Gasteiger partial charge in [-0.15, -0.1) is 10.2 Å². The highest BCUT2D eigenvalue weighted by Gasteiger charge is 2.37. The highest BCUT2D eigenvalue weighted by molar-refractivity contribution is 7.93. The second-order valence-corrected chi connectivity index (χ2v) is 11.0. The van der Waals surface area contributed by atoms with Crippen LogP contribution in [0.4, 0.5) is 16.3 Å². The molecule has 0 unspecified atom stereocenters. The van der Waals surface area contributed by atoms with Crippen molar-refractivity contribution in [1.29, 1.82) is 0 Å². The number of ether oxygens (including phenoxy) is 3. The van der Waals surface area contributed by atoms with Crippen molar-refractivity contribution in [3.8, 4) is 34.6 Å². The summed E-state index contributed by atoms with van der Waals surface area (Å²) >= 11 is 0. The number of β-amino-alcohol motifs (C(OH)–C–C–N with tert-alkyl or cyclic N) is 1. The molecule has 1 aliphatic heterocycles. The molecule has 1 aliphatic rings. The third-order valence-electron chi connectivity index (χ3n) is 6.40. The van der Waals surface area contributed by atoms with Crippen LogP contribution in [0, 0.1) is 5.82 Å². The summed E-state index contributed by atoms with van der Waals surface area (Å²) < 4.78 is 61.2. The molecule has 4 aromatic rings. The number of halogens is 1. The first-order valence-electron chi connectivity index (χ1n) is 12.3. The molecule has 1 fully saturated rings. The first-order valence-corrected chi connectivity index (χ1v) is 13.9. The Hall–Kier alpha value is -4.57. The van der Waals surface area contributed by atoms with E-state index in [9.17, 15) is 17.9 Å². The number of aliphatic hydroxyl groups is 1. The van der Waals surface area contributed by atoms with Crippen LogP contribution < -0.4 is 23.8 Å². The maximum atomic E-state index is 13.7. The summed E-state index contributed by atoms with van der Waals surface area (Å²) in [6.07, 6.45) is 0.872. The molecule has 0 amide bonds. The fraction of sp³-hybridized carbons (Fsp3) is 0.320. The molecule has 0 spiro atoms. The Labute approximate surface area is 234 Å². The fourth-order valence-corrected chi connectivity index (χ4v) is 5.93. The summed E-state index contributed by atoms with van der Waals surface area (Å²) in [5, 5.41) is 17.8. The zero-order chi connectivity index (χ0) is 29.1. The molecule has 1 aromatic carbocycles. The smallest absolute Gasteiger partial charge is 0.243 e. The Morgan fingerprint density at radius 3 is 2.32 bits per heavy atom. The number of nitrogens with one attached hydrogen (secondary N) is 1. The van der Waals surface area contributed by atoms with E-state index in [1.54, 1.807) is 36.4 Å². The van der Waals surface area contributed by atoms with Crippen molar-refractivity contribution < 1.29 is 32.1 Å². The Bertz CT molecular complexity index is 1610. The Kier molecular flexibility index (Phi) is 7.85. The lowest BCUT2D eigenvalue weighted by Crippen LogP contribution is -2.50. The standard InChI is InChI=1S/C25H27FN8O6S/c1-38-19-7-5-8-20(39-2)22(19)34-23(18-6-4-9-21(29-18)40-3)30-31-25(34)32-41(36,37)17-10-16(35)13-33(14-17)24-27-11-15(26)12-28-24/h4-9,11-12,16-17,35H,10,13-14H2,1-3H3,(H,31,32)/t16-,17-/m1/s1. The summed E-state index contributed by atoms with van der Waals surface area (Å²) in [6.45, 7) is 0.0202. The number of hydrogen-bond donors (Lipinski definition) is 2. The first kappa shape index (κ1) is 28.0. The summed E-state index contributed by atoms with van der Waals surface area (Å²) in [6, 6.07) is 10.1. The van der Waals surface area contributed by atoms with Crippen LogP contribution >= 0.6 is 0 Å². The lowest BCUT2D eigenvalue weighted by atomic mass is 10.1. The van der Waals surface area contributed by atoms with E-state index in [0.29, 0.717) is 28.8 Å². The van der Waals surface area contributed by atoms with Crippen molar-refractivity contribution in [2.24, 2.45) is 0 Å². The molecule has 5 rings (SSSR count). The van der Waals surface area contributed by atoms with Gasteiger partial charge >= 0.3 is 0 Å². The predicted molar refractivity (Wildman–Crippen MR) is 145 cm³/mol. The number of aliphatic hydroxyl groups excluding tert-OH is 1. The van der Waals surface area contributed by atoms with Gasteiger partial charge in [0.25, 0.3) is 0 Å². The molecule has 0 aliphatic carbocycles. The van der Waals surface area contributed by atoms with Gasteiger partial charge in [0.1, 0.15) is 28.1 Å². The molecule has 41 heavy (non-hydrogen) atoms. The van der Waals surface area contributed by atoms with Gasteiger partial charge < -0.3 is 24.2 Å². The minimum atomic E-state index is -4.20. The number of pyridine rings is 1. The number of benzene rings is 1. The minimum Gasteiger partial charge on any atom is -0.494 e. The number of sulfonamides is 1. The monoisotopic (exact) mass is 586 g/mol. The van der Waals surface area contributed by atoms with Gasteiger partial charge in [-0.1, -0.05) is 12.1 Å². The van der Waals surface area contributed by atoms with E-state index in [4.69, 9.17) is 14.2 Å². The van der Waals surface area contributed by atoms with Gasteiger partial charge in [0, 0.05) is 19.2 Å². The molecular formula is C25H27FN8O6S. The van der Waals surface area contributed by atoms with E-state index in [1.807, 2.05) is 0 Å². The molecule has 0 saturated carbocycles. The van der Waals surface area contributed by atoms with Crippen LogP contribution in [-0.2, 0) is 10.0 Å². The zero-order valence-electron chi connectivity index (χ0n) is 22.3. The number of methoxy groups -OCH3 is 3. The largest absolute Gasteiger partial charge is 0.494 e. The van der Waals surface area contributed by atoms with Gasteiger partial charge in [-0.3, -0.25) is 9.29 Å². The second kappa shape index (κ2) is 11.5. The molecule has 3 aromatic heterocycles. The fourth-order valence-electron chi connectivity index (χ4n) is 4.53. The molecule has 2 N–H and O–H groups in total. The van der Waals surface area contributed by atoms with Crippen molar-refractivity contribution in [3.05, 3.63) is 54.6 Å². The van der Waals surface area contributed by atoms with Crippen LogP contribution in [0.15, 0.2) is 48.8 Å². The van der Waals surface area contributed by atoms with Gasteiger partial charge in [0.05, 0.1) is 39.8 Å². The first-order chi connectivity index (χ1) is 19.7. The summed E-state index contributed by atoms with van der Waals surface area (Å²) in [4.78, 5) is 13.8. The van der Waals surface area contributed by atoms with E-state index in [1.165, 1.54) is 30.8 Å². The maximum absolute atomic E-state index is 13.7. The van der Waals surface area contributed by atoms with Crippen LogP contribution in [0.25, 0.3) is 17.2 Å². The quantitative estimate of drug-likeness (QED) is 0.292. The lowest BCUT2D eigenvalue weighted by molar-refractivity contribution is 0.154. The van der Waals surface area contributed by atoms with Crippen molar-refractivity contribution >= 4 is 21.9 Å². The van der Waals surface area contributed by atoms with Crippen LogP contribution in [0.5, 0.6) is 17.4 Å². The minimum absolute atomic E-state index is 0.0611. The van der Waals surface area contributed by atoms with Crippen molar-refractivity contribution in [2.45, 2.75) is 17.8 Å². The molecule has 4 heterocycles. The van der Waals surface area contributed by atoms with Crippen LogP contribution in [-0.4, -0.2) is 89.0 Å². The number of nitrogens with zero attached hydrogens (tertiary/aromatic N) is 7. The van der Waals surface area contributed by atoms with Gasteiger partial charge in [-0.25, -0.2) is 27.8 Å². The molecule has 216 valence electrons. The molecule has 16 heteroatoms. The van der Waals surface area contributed by atoms with E-state index < -0.39 is 27.2 Å². The van der Waals surface area contributed by atoms with E-state index in [-0.39, 0.29) is 37.2 Å². The summed E-state index contributed by atoms with van der Waals surface area (Å²) in [5.74, 6) is 0.475. The number of piperidine rings is 1. The highest BCUT2D eigenvalue weighted by atomic mass is 32.2. The summed E-state index contributed by atoms with van der Waals surface area (Å²) in [5.41, 5.74) is 0.660. The Morgan fingerprint density at radius 1 is 0.976 bits per heavy atom. The highest BCUT2D eigenvalue weighted by Crippen LogP contribution is 2.38. The van der Waals surface area contributed by atoms with E-state index in [2.05, 4.69) is 29.9 Å². The lowest BCUT2D eigenvalue weighted by Gasteiger charge is -2.35. The maximum Gasteiger partial charge on any atom is 0.243 e. The van der Waals surface area contributed by atoms with E-state index in [0.717, 1.165) is 12.4 Å². The average Bonchev–Trinajstić information content (AvgIpc) is 3.38. The van der Waals surface area contributed by atoms with Gasteiger partial charge in [-0.2, -0.15) is 0 Å². The van der Waals surface area contributed by atoms with E-state index >= 15 is 0 Å². The molecule has 2 atom stereocenters. The second-order valence-electron chi connectivity index (χ2n) is 9.02. The zero-order valence-corrected chi connectivity index (χ0v) is 23.1. The average molecular weight is 587 g/mol. The van der Waals surface area contributed by atoms with Gasteiger partial charge in [0.2, 0.25) is 27.8 Å². The van der Waals surface area contributed by atoms with Crippen LogP contribution in [0.1, 0.15) is 6.42 Å². The number of anilines is 2. The van der Waals surface area contributed by atoms with Crippen molar-refractivity contribution in [3.63, 3.8) is 0 Å². The predicted octanol–water partition coefficient (Wildman–Crippen LogP) is 1.67. The summed E-state index contributed by atoms with van der Waals surface area (Å²) in [7, 11) is 0.197. The molecule has 1 saturated heterocycles. The molecule has 0 bridgehead atoms. The number of hydrogen-bond acceptors (Lipinski definition) is 12. The normalized spacial score (nSPS) is 17.2. The molecular weight excluding hydrogens is 559 g/mol. The Morgan fingerprint density at radius 2 is 1.66 bits per heavy atom. The van der Waals surface area contributed by atoms with Gasteiger partial charge in [-0.05, 0) is 24.6 Å². The molecule has 14 nitrogen and oxygen atoms in total. The number of para-hydroxylation sites is 1. The number of rotatable bonds is 9. The van der Waals surface area contributed by atoms with Crippen molar-refractivity contribution in [1.82, 2.24) is 29.7 Å². The van der Waals surface area contributed by atoms with Crippen molar-refractivity contribution in [2.75, 3.05) is 44.0 Å². The van der Waals surface area contributed by atoms with Gasteiger partial charge in [0.15, 0.2) is 11.6 Å². The third kappa shape index (κ3) is 5.69. The molecule has 0 radical (unpaired) electrons. The Balaban J connectivity index is 1.57. The van der Waals surface area contributed by atoms with Crippen LogP contribution in [0.2, 0.25) is 0 Å². The topological polar surface area (TPSA) is 167 Å². The SMILES string of the molecule is COc1cccc(-c2nnc(NS(=O)(=O)[C@@H]3C[C@@H](O)CN(c4ncc(F)cn4)C3)n2-c2c(OC)cccc2OC)n1. The van der Waals surface area contributed by atoms with Crippen LogP contribution in [0.3, 0.4) is 0 Å².